The van der Waals surface area contributed by atoms with E-state index < -0.39 is 0 Å². The van der Waals surface area contributed by atoms with Gasteiger partial charge in [0.15, 0.2) is 6.33 Å². The van der Waals surface area contributed by atoms with Crippen LogP contribution in [0.1, 0.15) is 26.7 Å². The number of rotatable bonds is 8. The maximum absolute atomic E-state index is 11.9. The van der Waals surface area contributed by atoms with Crippen LogP contribution in [-0.4, -0.2) is 51.7 Å². The average Bonchev–Trinajstić information content (AvgIpc) is 2.89. The fourth-order valence-corrected chi connectivity index (χ4v) is 2.75. The monoisotopic (exact) mass is 351 g/mol. The molecule has 0 aliphatic carbocycles. The number of carbonyl (C=O) groups excluding carboxylic acids is 1. The largest absolute Gasteiger partial charge is 1.00 e. The van der Waals surface area contributed by atoms with Crippen LogP contribution in [0.25, 0.3) is 0 Å². The Morgan fingerprint density at radius 2 is 1.95 bits per heavy atom. The highest BCUT2D eigenvalue weighted by atomic mass is 79.9. The van der Waals surface area contributed by atoms with Crippen molar-refractivity contribution in [1.82, 2.24) is 10.1 Å². The van der Waals surface area contributed by atoms with Crippen molar-refractivity contribution in [2.45, 2.75) is 27.2 Å². The summed E-state index contributed by atoms with van der Waals surface area (Å²) in [4.78, 5) is 15.9. The molecule has 0 fully saturated rings. The molecule has 1 heterocycles. The molecule has 1 rings (SSSR count). The lowest BCUT2D eigenvalue weighted by atomic mass is 10.3. The van der Waals surface area contributed by atoms with Gasteiger partial charge in [0.05, 0.1) is 19.6 Å². The highest BCUT2D eigenvalue weighted by Gasteiger charge is 2.24. The van der Waals surface area contributed by atoms with Gasteiger partial charge in [-0.05, 0) is 20.8 Å². The molecule has 0 aliphatic rings. The highest BCUT2D eigenvalue weighted by Crippen LogP contribution is 2.12. The molecule has 110 valence electrons. The van der Waals surface area contributed by atoms with Crippen LogP contribution >= 0.6 is 11.8 Å². The zero-order valence-electron chi connectivity index (χ0n) is 11.8. The molecular weight excluding hydrogens is 330 g/mol. The van der Waals surface area contributed by atoms with E-state index in [2.05, 4.69) is 30.9 Å². The van der Waals surface area contributed by atoms with E-state index in [1.165, 1.54) is 18.1 Å². The topological polar surface area (TPSA) is 56.0 Å². The Labute approximate surface area is 129 Å². The summed E-state index contributed by atoms with van der Waals surface area (Å²) < 4.78 is 5.76. The molecule has 0 saturated heterocycles. The lowest BCUT2D eigenvalue weighted by Crippen LogP contribution is -3.00. The third-order valence-electron chi connectivity index (χ3n) is 3.46. The molecule has 0 atom stereocenters. The molecular formula is C12H22BrN3O2S. The summed E-state index contributed by atoms with van der Waals surface area (Å²) in [7, 11) is 0. The predicted molar refractivity (Wildman–Crippen MR) is 72.2 cm³/mol. The lowest BCUT2D eigenvalue weighted by molar-refractivity contribution is -0.915. The average molecular weight is 352 g/mol. The van der Waals surface area contributed by atoms with Crippen LogP contribution in [0.5, 0.6) is 0 Å². The SMILES string of the molecule is CC[N+](CC)(CC)CC(=O)SCCc1ncno1.[Br-]. The highest BCUT2D eigenvalue weighted by molar-refractivity contribution is 8.13. The number of nitrogens with zero attached hydrogens (tertiary/aromatic N) is 3. The van der Waals surface area contributed by atoms with Crippen molar-refractivity contribution < 1.29 is 30.8 Å². The Bertz CT molecular complexity index is 348. The number of carbonyl (C=O) groups is 1. The van der Waals surface area contributed by atoms with Crippen LogP contribution in [0.15, 0.2) is 10.9 Å². The number of quaternary nitrogens is 1. The van der Waals surface area contributed by atoms with Gasteiger partial charge in [-0.1, -0.05) is 16.9 Å². The van der Waals surface area contributed by atoms with Crippen LogP contribution in [0.4, 0.5) is 0 Å². The van der Waals surface area contributed by atoms with E-state index in [0.29, 0.717) is 24.6 Å². The Balaban J connectivity index is 0.00000324. The molecule has 19 heavy (non-hydrogen) atoms. The quantitative estimate of drug-likeness (QED) is 0.548. The van der Waals surface area contributed by atoms with Crippen LogP contribution in [0, 0.1) is 0 Å². The van der Waals surface area contributed by atoms with Crippen LogP contribution in [0.2, 0.25) is 0 Å². The second kappa shape index (κ2) is 9.50. The number of thioether (sulfide) groups is 1. The molecule has 0 aromatic carbocycles. The minimum absolute atomic E-state index is 0. The fraction of sp³-hybridized carbons (Fsp3) is 0.750. The lowest BCUT2D eigenvalue weighted by Gasteiger charge is -2.34. The molecule has 0 N–H and O–H groups in total. The Morgan fingerprint density at radius 3 is 2.42 bits per heavy atom. The molecule has 0 aliphatic heterocycles. The van der Waals surface area contributed by atoms with E-state index in [1.807, 2.05) is 0 Å². The molecule has 0 bridgehead atoms. The van der Waals surface area contributed by atoms with Gasteiger partial charge in [0, 0.05) is 12.2 Å². The van der Waals surface area contributed by atoms with Gasteiger partial charge in [-0.3, -0.25) is 4.79 Å². The first-order valence-electron chi connectivity index (χ1n) is 6.42. The Kier molecular flexibility index (Phi) is 9.30. The van der Waals surface area contributed by atoms with Crippen molar-refractivity contribution in [1.29, 1.82) is 0 Å². The number of hydrogen-bond acceptors (Lipinski definition) is 5. The van der Waals surface area contributed by atoms with Gasteiger partial charge in [-0.15, -0.1) is 0 Å². The van der Waals surface area contributed by atoms with Gasteiger partial charge in [0.25, 0.3) is 0 Å². The van der Waals surface area contributed by atoms with Gasteiger partial charge in [0.2, 0.25) is 11.0 Å². The van der Waals surface area contributed by atoms with E-state index in [-0.39, 0.29) is 22.1 Å². The third-order valence-corrected chi connectivity index (χ3v) is 4.32. The first kappa shape index (κ1) is 18.6. The summed E-state index contributed by atoms with van der Waals surface area (Å²) in [5.41, 5.74) is 0. The maximum atomic E-state index is 11.9. The van der Waals surface area contributed by atoms with Crippen molar-refractivity contribution in [3.63, 3.8) is 0 Å². The predicted octanol–water partition coefficient (Wildman–Crippen LogP) is -1.25. The molecule has 7 heteroatoms. The van der Waals surface area contributed by atoms with Gasteiger partial charge < -0.3 is 26.0 Å². The molecule has 1 aromatic rings. The smallest absolute Gasteiger partial charge is 0.243 e. The first-order chi connectivity index (χ1) is 8.65. The third kappa shape index (κ3) is 6.05. The molecule has 5 nitrogen and oxygen atoms in total. The Morgan fingerprint density at radius 1 is 1.32 bits per heavy atom. The molecule has 0 radical (unpaired) electrons. The minimum Gasteiger partial charge on any atom is -1.00 e. The summed E-state index contributed by atoms with van der Waals surface area (Å²) in [6, 6.07) is 0. The van der Waals surface area contributed by atoms with E-state index in [9.17, 15) is 4.79 Å². The van der Waals surface area contributed by atoms with Gasteiger partial charge in [0.1, 0.15) is 6.54 Å². The van der Waals surface area contributed by atoms with Crippen molar-refractivity contribution in [2.75, 3.05) is 31.9 Å². The van der Waals surface area contributed by atoms with Crippen LogP contribution in [-0.2, 0) is 11.2 Å². The van der Waals surface area contributed by atoms with E-state index >= 15 is 0 Å². The van der Waals surface area contributed by atoms with Crippen LogP contribution in [0.3, 0.4) is 0 Å². The summed E-state index contributed by atoms with van der Waals surface area (Å²) in [5, 5.41) is 3.79. The van der Waals surface area contributed by atoms with Crippen molar-refractivity contribution >= 4 is 16.9 Å². The number of halogens is 1. The summed E-state index contributed by atoms with van der Waals surface area (Å²) in [6.45, 7) is 10.0. The second-order valence-electron chi connectivity index (χ2n) is 4.25. The number of aryl methyl sites for hydroxylation is 1. The van der Waals surface area contributed by atoms with E-state index in [1.54, 1.807) is 0 Å². The Hall–Kier alpha value is -0.400. The molecule has 1 aromatic heterocycles. The first-order valence-corrected chi connectivity index (χ1v) is 7.40. The normalized spacial score (nSPS) is 11.1. The molecule has 0 spiro atoms. The second-order valence-corrected chi connectivity index (χ2v) is 5.41. The standard InChI is InChI=1S/C12H22N3O2S.BrH/c1-4-15(5-2,6-3)9-12(16)18-8-7-11-13-10-14-17-11;/h10H,4-9H2,1-3H3;1H/q+1;/p-1. The van der Waals surface area contributed by atoms with E-state index in [4.69, 9.17) is 4.52 Å². The van der Waals surface area contributed by atoms with Crippen molar-refractivity contribution in [2.24, 2.45) is 0 Å². The summed E-state index contributed by atoms with van der Waals surface area (Å²) in [5.74, 6) is 1.30. The maximum Gasteiger partial charge on any atom is 0.243 e. The summed E-state index contributed by atoms with van der Waals surface area (Å²) in [6.07, 6.45) is 2.04. The van der Waals surface area contributed by atoms with Gasteiger partial charge in [-0.2, -0.15) is 4.98 Å². The summed E-state index contributed by atoms with van der Waals surface area (Å²) >= 11 is 1.37. The van der Waals surface area contributed by atoms with Crippen molar-refractivity contribution in [3.05, 3.63) is 12.2 Å². The van der Waals surface area contributed by atoms with Crippen molar-refractivity contribution in [3.8, 4) is 0 Å². The number of aromatic nitrogens is 2. The van der Waals surface area contributed by atoms with Gasteiger partial charge in [-0.25, -0.2) is 0 Å². The fourth-order valence-electron chi connectivity index (χ4n) is 1.88. The zero-order chi connectivity index (χ0) is 13.4. The zero-order valence-corrected chi connectivity index (χ0v) is 14.2. The van der Waals surface area contributed by atoms with Crippen LogP contribution < -0.4 is 17.0 Å². The molecule has 0 saturated carbocycles. The minimum atomic E-state index is 0. The van der Waals surface area contributed by atoms with Gasteiger partial charge >= 0.3 is 0 Å². The number of likely N-dealkylation sites (N-methyl/N-ethyl adjacent to an activating group) is 1. The molecule has 0 unspecified atom stereocenters. The molecule has 0 amide bonds. The number of hydrogen-bond donors (Lipinski definition) is 0. The van der Waals surface area contributed by atoms with E-state index in [0.717, 1.165) is 24.1 Å².